The van der Waals surface area contributed by atoms with Gasteiger partial charge in [0.2, 0.25) is 5.91 Å². The van der Waals surface area contributed by atoms with Crippen LogP contribution in [-0.2, 0) is 4.79 Å². The van der Waals surface area contributed by atoms with Crippen LogP contribution in [0.15, 0.2) is 0 Å². The minimum absolute atomic E-state index is 0.284. The van der Waals surface area contributed by atoms with Crippen LogP contribution in [0.1, 0.15) is 25.7 Å². The lowest BCUT2D eigenvalue weighted by Gasteiger charge is -2.27. The zero-order valence-corrected chi connectivity index (χ0v) is 10.0. The van der Waals surface area contributed by atoms with E-state index < -0.39 is 0 Å². The van der Waals surface area contributed by atoms with Crippen LogP contribution in [0.2, 0.25) is 0 Å². The van der Waals surface area contributed by atoms with Crippen LogP contribution in [0, 0.1) is 5.92 Å². The van der Waals surface area contributed by atoms with Gasteiger partial charge in [0.1, 0.15) is 0 Å². The highest BCUT2D eigenvalue weighted by atomic mass is 16.1. The standard InChI is InChI=1S/C12H23N3O/c16-12(11-3-1-4-11)14-5-2-8-15-9-6-13-7-10-15/h11,13H,1-10H2,(H,14,16). The third-order valence-electron chi connectivity index (χ3n) is 3.64. The van der Waals surface area contributed by atoms with Gasteiger partial charge in [-0.05, 0) is 25.8 Å². The molecule has 0 aromatic carbocycles. The van der Waals surface area contributed by atoms with Crippen LogP contribution in [0.3, 0.4) is 0 Å². The molecule has 1 aliphatic heterocycles. The Morgan fingerprint density at radius 3 is 2.69 bits per heavy atom. The van der Waals surface area contributed by atoms with Crippen molar-refractivity contribution in [1.29, 1.82) is 0 Å². The Balaban J connectivity index is 1.49. The van der Waals surface area contributed by atoms with Crippen molar-refractivity contribution in [2.24, 2.45) is 5.92 Å². The zero-order valence-electron chi connectivity index (χ0n) is 10.0. The first-order chi connectivity index (χ1) is 7.86. The summed E-state index contributed by atoms with van der Waals surface area (Å²) in [6.45, 7) is 6.47. The maximum atomic E-state index is 11.5. The van der Waals surface area contributed by atoms with Crippen LogP contribution in [0.5, 0.6) is 0 Å². The lowest BCUT2D eigenvalue weighted by atomic mass is 9.85. The Labute approximate surface area is 97.8 Å². The van der Waals surface area contributed by atoms with E-state index in [1.54, 1.807) is 0 Å². The lowest BCUT2D eigenvalue weighted by molar-refractivity contribution is -0.127. The van der Waals surface area contributed by atoms with Crippen LogP contribution in [0.25, 0.3) is 0 Å². The summed E-state index contributed by atoms with van der Waals surface area (Å²) < 4.78 is 0. The first-order valence-corrected chi connectivity index (χ1v) is 6.57. The number of carbonyl (C=O) groups excluding carboxylic acids is 1. The Bertz CT molecular complexity index is 222. The van der Waals surface area contributed by atoms with Gasteiger partial charge in [-0.1, -0.05) is 6.42 Å². The van der Waals surface area contributed by atoms with Gasteiger partial charge >= 0.3 is 0 Å². The number of rotatable bonds is 5. The van der Waals surface area contributed by atoms with Gasteiger partial charge in [0.15, 0.2) is 0 Å². The predicted molar refractivity (Wildman–Crippen MR) is 64.3 cm³/mol. The Morgan fingerprint density at radius 1 is 1.31 bits per heavy atom. The molecule has 0 aromatic heterocycles. The minimum Gasteiger partial charge on any atom is -0.356 e. The van der Waals surface area contributed by atoms with Crippen molar-refractivity contribution in [2.75, 3.05) is 39.3 Å². The van der Waals surface area contributed by atoms with Crippen molar-refractivity contribution in [3.05, 3.63) is 0 Å². The van der Waals surface area contributed by atoms with Gasteiger partial charge in [-0.2, -0.15) is 0 Å². The molecule has 4 heteroatoms. The van der Waals surface area contributed by atoms with Crippen LogP contribution >= 0.6 is 0 Å². The number of carbonyl (C=O) groups is 1. The molecule has 4 nitrogen and oxygen atoms in total. The third kappa shape index (κ3) is 3.46. The number of nitrogens with one attached hydrogen (secondary N) is 2. The van der Waals surface area contributed by atoms with Gasteiger partial charge in [-0.25, -0.2) is 0 Å². The predicted octanol–water partition coefficient (Wildman–Crippen LogP) is 0.198. The molecule has 2 aliphatic rings. The van der Waals surface area contributed by atoms with Crippen LogP contribution in [-0.4, -0.2) is 50.1 Å². The molecule has 0 radical (unpaired) electrons. The molecule has 1 amide bonds. The second-order valence-electron chi connectivity index (χ2n) is 4.86. The van der Waals surface area contributed by atoms with E-state index in [4.69, 9.17) is 0 Å². The molecular weight excluding hydrogens is 202 g/mol. The average molecular weight is 225 g/mol. The fraction of sp³-hybridized carbons (Fsp3) is 0.917. The van der Waals surface area contributed by atoms with Crippen molar-refractivity contribution >= 4 is 5.91 Å². The third-order valence-corrected chi connectivity index (χ3v) is 3.64. The summed E-state index contributed by atoms with van der Waals surface area (Å²) in [6, 6.07) is 0. The van der Waals surface area contributed by atoms with Crippen molar-refractivity contribution in [2.45, 2.75) is 25.7 Å². The summed E-state index contributed by atoms with van der Waals surface area (Å²) in [4.78, 5) is 14.0. The van der Waals surface area contributed by atoms with E-state index in [-0.39, 0.29) is 5.91 Å². The van der Waals surface area contributed by atoms with Gasteiger partial charge in [-0.3, -0.25) is 4.79 Å². The largest absolute Gasteiger partial charge is 0.356 e. The van der Waals surface area contributed by atoms with Crippen molar-refractivity contribution in [1.82, 2.24) is 15.5 Å². The summed E-state index contributed by atoms with van der Waals surface area (Å²) in [5.74, 6) is 0.616. The highest BCUT2D eigenvalue weighted by molar-refractivity contribution is 5.79. The molecule has 2 rings (SSSR count). The smallest absolute Gasteiger partial charge is 0.223 e. The molecule has 92 valence electrons. The van der Waals surface area contributed by atoms with E-state index in [0.717, 1.165) is 58.5 Å². The topological polar surface area (TPSA) is 44.4 Å². The molecule has 1 heterocycles. The average Bonchev–Trinajstić information content (AvgIpc) is 2.23. The summed E-state index contributed by atoms with van der Waals surface area (Å²) in [6.07, 6.45) is 4.52. The second kappa shape index (κ2) is 6.21. The number of piperazine rings is 1. The number of hydrogen-bond acceptors (Lipinski definition) is 3. The van der Waals surface area contributed by atoms with E-state index in [1.807, 2.05) is 0 Å². The number of hydrogen-bond donors (Lipinski definition) is 2. The minimum atomic E-state index is 0.284. The summed E-state index contributed by atoms with van der Waals surface area (Å²) in [7, 11) is 0. The quantitative estimate of drug-likeness (QED) is 0.657. The van der Waals surface area contributed by atoms with Gasteiger partial charge in [0.25, 0.3) is 0 Å². The second-order valence-corrected chi connectivity index (χ2v) is 4.86. The van der Waals surface area contributed by atoms with E-state index in [0.29, 0.717) is 5.92 Å². The molecule has 0 bridgehead atoms. The summed E-state index contributed by atoms with van der Waals surface area (Å²) in [5.41, 5.74) is 0. The first kappa shape index (κ1) is 11.9. The fourth-order valence-corrected chi connectivity index (χ4v) is 2.26. The van der Waals surface area contributed by atoms with E-state index in [2.05, 4.69) is 15.5 Å². The molecular formula is C12H23N3O. The van der Waals surface area contributed by atoms with Gasteiger partial charge in [0, 0.05) is 38.6 Å². The first-order valence-electron chi connectivity index (χ1n) is 6.57. The molecule has 0 spiro atoms. The molecule has 2 N–H and O–H groups in total. The number of nitrogens with zero attached hydrogens (tertiary/aromatic N) is 1. The van der Waals surface area contributed by atoms with E-state index >= 15 is 0 Å². The van der Waals surface area contributed by atoms with Crippen molar-refractivity contribution in [3.8, 4) is 0 Å². The highest BCUT2D eigenvalue weighted by Gasteiger charge is 2.24. The van der Waals surface area contributed by atoms with Crippen LogP contribution in [0.4, 0.5) is 0 Å². The molecule has 2 fully saturated rings. The summed E-state index contributed by atoms with van der Waals surface area (Å²) in [5, 5.41) is 6.39. The van der Waals surface area contributed by atoms with E-state index in [9.17, 15) is 4.79 Å². The van der Waals surface area contributed by atoms with Crippen molar-refractivity contribution in [3.63, 3.8) is 0 Å². The molecule has 1 saturated carbocycles. The summed E-state index contributed by atoms with van der Waals surface area (Å²) >= 11 is 0. The molecule has 1 aliphatic carbocycles. The highest BCUT2D eigenvalue weighted by Crippen LogP contribution is 2.25. The zero-order chi connectivity index (χ0) is 11.2. The van der Waals surface area contributed by atoms with Crippen LogP contribution < -0.4 is 10.6 Å². The Hall–Kier alpha value is -0.610. The Kier molecular flexibility index (Phi) is 4.60. The molecule has 0 unspecified atom stereocenters. The fourth-order valence-electron chi connectivity index (χ4n) is 2.26. The van der Waals surface area contributed by atoms with Gasteiger partial charge in [0.05, 0.1) is 0 Å². The van der Waals surface area contributed by atoms with Gasteiger partial charge in [-0.15, -0.1) is 0 Å². The van der Waals surface area contributed by atoms with Crippen molar-refractivity contribution < 1.29 is 4.79 Å². The number of amides is 1. The van der Waals surface area contributed by atoms with E-state index in [1.165, 1.54) is 6.42 Å². The maximum Gasteiger partial charge on any atom is 0.223 e. The lowest BCUT2D eigenvalue weighted by Crippen LogP contribution is -2.44. The Morgan fingerprint density at radius 2 is 2.06 bits per heavy atom. The maximum absolute atomic E-state index is 11.5. The molecule has 0 aromatic rings. The molecule has 1 saturated heterocycles. The van der Waals surface area contributed by atoms with Gasteiger partial charge < -0.3 is 15.5 Å². The normalized spacial score (nSPS) is 22.8. The molecule has 0 atom stereocenters. The monoisotopic (exact) mass is 225 g/mol. The molecule has 16 heavy (non-hydrogen) atoms. The SMILES string of the molecule is O=C(NCCCN1CCNCC1)C1CCC1.